The Bertz CT molecular complexity index is 399. The van der Waals surface area contributed by atoms with Crippen LogP contribution in [0.4, 0.5) is 0 Å². The van der Waals surface area contributed by atoms with Gasteiger partial charge in [-0.2, -0.15) is 12.6 Å². The number of carboxylic acids is 2. The van der Waals surface area contributed by atoms with Crippen LogP contribution in [0.5, 0.6) is 0 Å². The van der Waals surface area contributed by atoms with Crippen LogP contribution in [0.2, 0.25) is 0 Å². The number of hydrogen-bond donors (Lipinski definition) is 6. The molecule has 9 nitrogen and oxygen atoms in total. The largest absolute Gasteiger partial charge is 0.480 e. The van der Waals surface area contributed by atoms with E-state index in [4.69, 9.17) is 15.9 Å². The zero-order valence-corrected chi connectivity index (χ0v) is 13.4. The number of carbonyl (C=O) groups excluding carboxylic acids is 2. The SMILES string of the molecule is N[C@@H](CCC(=O)N[C@@H](CS)C(=O)NCC(=O)O)C(=O)O.[Li].[Li]. The average Bonchev–Trinajstić information content (AvgIpc) is 2.38. The summed E-state index contributed by atoms with van der Waals surface area (Å²) in [5.74, 6) is -3.70. The third kappa shape index (κ3) is 12.0. The molecule has 0 aromatic rings. The van der Waals surface area contributed by atoms with Gasteiger partial charge in [0.05, 0.1) is 0 Å². The molecule has 0 aliphatic carbocycles. The predicted molar refractivity (Wildman–Crippen MR) is 82.8 cm³/mol. The van der Waals surface area contributed by atoms with Crippen LogP contribution in [0.1, 0.15) is 12.8 Å². The van der Waals surface area contributed by atoms with Crippen LogP contribution in [0.15, 0.2) is 0 Å². The minimum Gasteiger partial charge on any atom is -0.480 e. The topological polar surface area (TPSA) is 159 Å². The Balaban J connectivity index is -0.00000180. The first-order valence-corrected chi connectivity index (χ1v) is 6.29. The monoisotopic (exact) mass is 321 g/mol. The molecule has 0 spiro atoms. The Morgan fingerprint density at radius 2 is 1.68 bits per heavy atom. The van der Waals surface area contributed by atoms with Crippen LogP contribution >= 0.6 is 12.6 Å². The molecule has 2 amide bonds. The minimum atomic E-state index is -1.22. The van der Waals surface area contributed by atoms with Gasteiger partial charge in [-0.05, 0) is 6.42 Å². The summed E-state index contributed by atoms with van der Waals surface area (Å²) < 4.78 is 0. The number of nitrogens with one attached hydrogen (secondary N) is 2. The first-order valence-electron chi connectivity index (χ1n) is 5.66. The Morgan fingerprint density at radius 1 is 1.14 bits per heavy atom. The molecular weight excluding hydrogens is 304 g/mol. The van der Waals surface area contributed by atoms with Gasteiger partial charge in [-0.25, -0.2) is 0 Å². The smallest absolute Gasteiger partial charge is 0.322 e. The van der Waals surface area contributed by atoms with Crippen LogP contribution in [-0.2, 0) is 19.2 Å². The number of rotatable bonds is 9. The molecule has 0 unspecified atom stereocenters. The van der Waals surface area contributed by atoms with Gasteiger partial charge in [0.15, 0.2) is 0 Å². The number of nitrogens with two attached hydrogens (primary N) is 1. The van der Waals surface area contributed by atoms with Crippen molar-refractivity contribution in [3.05, 3.63) is 0 Å². The molecule has 0 aromatic carbocycles. The van der Waals surface area contributed by atoms with Gasteiger partial charge < -0.3 is 26.6 Å². The summed E-state index contributed by atoms with van der Waals surface area (Å²) in [6, 6.07) is -2.15. The maximum atomic E-state index is 11.5. The first-order chi connectivity index (χ1) is 9.27. The number of carboxylic acid groups (broad SMARTS) is 2. The van der Waals surface area contributed by atoms with Crippen LogP contribution in [0.3, 0.4) is 0 Å². The van der Waals surface area contributed by atoms with Crippen molar-refractivity contribution in [2.24, 2.45) is 5.73 Å². The van der Waals surface area contributed by atoms with Gasteiger partial charge in [0.1, 0.15) is 18.6 Å². The van der Waals surface area contributed by atoms with Gasteiger partial charge in [-0.15, -0.1) is 0 Å². The van der Waals surface area contributed by atoms with E-state index < -0.39 is 42.4 Å². The fraction of sp³-hybridized carbons (Fsp3) is 0.600. The Morgan fingerprint density at radius 3 is 2.09 bits per heavy atom. The van der Waals surface area contributed by atoms with Gasteiger partial charge in [-0.1, -0.05) is 0 Å². The molecule has 0 saturated heterocycles. The van der Waals surface area contributed by atoms with Crippen LogP contribution in [-0.4, -0.2) is 96.1 Å². The molecule has 0 bridgehead atoms. The van der Waals surface area contributed by atoms with E-state index in [2.05, 4.69) is 23.3 Å². The summed E-state index contributed by atoms with van der Waals surface area (Å²) >= 11 is 3.87. The second kappa shape index (κ2) is 14.0. The zero-order chi connectivity index (χ0) is 15.7. The van der Waals surface area contributed by atoms with Crippen molar-refractivity contribution < 1.29 is 29.4 Å². The van der Waals surface area contributed by atoms with Gasteiger partial charge >= 0.3 is 11.9 Å². The molecule has 2 radical (unpaired) electrons. The van der Waals surface area contributed by atoms with Crippen molar-refractivity contribution >= 4 is 74.1 Å². The maximum Gasteiger partial charge on any atom is 0.322 e. The summed E-state index contributed by atoms with van der Waals surface area (Å²) in [5.41, 5.74) is 5.23. The molecule has 12 heteroatoms. The number of thiol groups is 1. The number of aliphatic carboxylic acids is 2. The van der Waals surface area contributed by atoms with E-state index in [0.717, 1.165) is 0 Å². The second-order valence-electron chi connectivity index (χ2n) is 3.90. The Hall–Kier alpha value is -0.615. The molecule has 22 heavy (non-hydrogen) atoms. The van der Waals surface area contributed by atoms with E-state index in [-0.39, 0.29) is 56.3 Å². The molecule has 0 aliphatic heterocycles. The second-order valence-corrected chi connectivity index (χ2v) is 4.26. The normalized spacial score (nSPS) is 11.9. The number of hydrogen-bond acceptors (Lipinski definition) is 6. The maximum absolute atomic E-state index is 11.5. The summed E-state index contributed by atoms with van der Waals surface area (Å²) in [4.78, 5) is 43.7. The van der Waals surface area contributed by atoms with E-state index in [9.17, 15) is 19.2 Å². The van der Waals surface area contributed by atoms with Crippen LogP contribution in [0.25, 0.3) is 0 Å². The first kappa shape index (κ1) is 26.3. The summed E-state index contributed by atoms with van der Waals surface area (Å²) in [6.07, 6.45) is -0.235. The molecule has 0 aliphatic rings. The van der Waals surface area contributed by atoms with Crippen LogP contribution in [0, 0.1) is 0 Å². The molecule has 0 rings (SSSR count). The number of carbonyl (C=O) groups is 4. The average molecular weight is 321 g/mol. The van der Waals surface area contributed by atoms with E-state index in [1.807, 2.05) is 0 Å². The van der Waals surface area contributed by atoms with Crippen molar-refractivity contribution in [2.75, 3.05) is 12.3 Å². The molecule has 6 N–H and O–H groups in total. The summed E-state index contributed by atoms with van der Waals surface area (Å²) in [6.45, 7) is -0.567. The molecule has 0 aromatic heterocycles. The van der Waals surface area contributed by atoms with Crippen molar-refractivity contribution in [1.82, 2.24) is 10.6 Å². The predicted octanol–water partition coefficient (Wildman–Crippen LogP) is -2.97. The third-order valence-electron chi connectivity index (χ3n) is 2.25. The summed E-state index contributed by atoms with van der Waals surface area (Å²) in [5, 5.41) is 21.4. The van der Waals surface area contributed by atoms with Gasteiger partial charge in [0.25, 0.3) is 0 Å². The quantitative estimate of drug-likeness (QED) is 0.195. The van der Waals surface area contributed by atoms with E-state index in [1.54, 1.807) is 0 Å². The van der Waals surface area contributed by atoms with Crippen molar-refractivity contribution in [3.63, 3.8) is 0 Å². The Kier molecular flexibility index (Phi) is 16.7. The molecule has 116 valence electrons. The number of amides is 2. The molecule has 2 atom stereocenters. The van der Waals surface area contributed by atoms with Crippen molar-refractivity contribution in [1.29, 1.82) is 0 Å². The summed E-state index contributed by atoms with van der Waals surface area (Å²) in [7, 11) is 0. The van der Waals surface area contributed by atoms with Gasteiger partial charge in [-0.3, -0.25) is 19.2 Å². The van der Waals surface area contributed by atoms with E-state index >= 15 is 0 Å². The zero-order valence-electron chi connectivity index (χ0n) is 12.5. The third-order valence-corrected chi connectivity index (χ3v) is 2.61. The van der Waals surface area contributed by atoms with E-state index in [0.29, 0.717) is 0 Å². The molecule has 0 heterocycles. The fourth-order valence-electron chi connectivity index (χ4n) is 1.16. The molecular formula is C10H17Li2N3O6S. The standard InChI is InChI=1S/C10H17N3O6S.2Li/c11-5(10(18)19)1-2-7(14)13-6(4-20)9(17)12-3-8(15)16;;/h5-6,20H,1-4,11H2,(H,12,17)(H,13,14)(H,15,16)(H,18,19);;/t5-,6-;;/m0../s1. The van der Waals surface area contributed by atoms with Crippen molar-refractivity contribution in [2.45, 2.75) is 24.9 Å². The van der Waals surface area contributed by atoms with Gasteiger partial charge in [0, 0.05) is 49.9 Å². The van der Waals surface area contributed by atoms with Crippen LogP contribution < -0.4 is 16.4 Å². The van der Waals surface area contributed by atoms with Crippen molar-refractivity contribution in [3.8, 4) is 0 Å². The fourth-order valence-corrected chi connectivity index (χ4v) is 1.41. The Labute approximate surface area is 156 Å². The van der Waals surface area contributed by atoms with Gasteiger partial charge in [0.2, 0.25) is 11.8 Å². The molecule has 0 saturated carbocycles. The minimum absolute atomic E-state index is 0. The van der Waals surface area contributed by atoms with E-state index in [1.165, 1.54) is 0 Å². The molecule has 0 fully saturated rings.